The van der Waals surface area contributed by atoms with Crippen LogP contribution in [0, 0.1) is 6.92 Å². The molecule has 1 aromatic carbocycles. The number of rotatable bonds is 5. The zero-order chi connectivity index (χ0) is 11.3. The van der Waals surface area contributed by atoms with E-state index in [1.165, 1.54) is 0 Å². The monoisotopic (exact) mass is 229 g/mol. The quantitative estimate of drug-likeness (QED) is 0.808. The Bertz CT molecular complexity index is 317. The predicted octanol–water partition coefficient (Wildman–Crippen LogP) is 1.66. The summed E-state index contributed by atoms with van der Waals surface area (Å²) in [6.07, 6.45) is -0.172. The third-order valence-electron chi connectivity index (χ3n) is 2.20. The zero-order valence-electron chi connectivity index (χ0n) is 8.74. The molecule has 0 aliphatic heterocycles. The molecule has 3 N–H and O–H groups in total. The number of halogens is 1. The van der Waals surface area contributed by atoms with Crippen LogP contribution >= 0.6 is 11.6 Å². The molecular weight excluding hydrogens is 214 g/mol. The Hall–Kier alpha value is -0.610. The summed E-state index contributed by atoms with van der Waals surface area (Å²) in [5.74, 6) is 0. The lowest BCUT2D eigenvalue weighted by Gasteiger charge is -2.18. The summed E-state index contributed by atoms with van der Waals surface area (Å²) in [7, 11) is 0. The number of aliphatic hydroxyl groups excluding tert-OH is 1. The van der Waals surface area contributed by atoms with Crippen molar-refractivity contribution in [2.75, 3.05) is 19.8 Å². The molecule has 0 aliphatic rings. The molecule has 0 aliphatic carbocycles. The molecule has 0 bridgehead atoms. The molecular formula is C11H16ClNO2. The number of aliphatic hydroxyl groups is 1. The van der Waals surface area contributed by atoms with Crippen LogP contribution < -0.4 is 5.73 Å². The summed E-state index contributed by atoms with van der Waals surface area (Å²) < 4.78 is 5.43. The normalized spacial score (nSPS) is 12.8. The highest BCUT2D eigenvalue weighted by Gasteiger charge is 2.12. The molecule has 0 saturated carbocycles. The Morgan fingerprint density at radius 1 is 1.53 bits per heavy atom. The summed E-state index contributed by atoms with van der Waals surface area (Å²) in [4.78, 5) is 0. The van der Waals surface area contributed by atoms with Gasteiger partial charge in [0.25, 0.3) is 0 Å². The van der Waals surface area contributed by atoms with Gasteiger partial charge in [-0.3, -0.25) is 0 Å². The molecule has 0 radical (unpaired) electrons. The summed E-state index contributed by atoms with van der Waals surface area (Å²) >= 11 is 5.86. The van der Waals surface area contributed by atoms with Crippen LogP contribution in [0.2, 0.25) is 5.02 Å². The van der Waals surface area contributed by atoms with Gasteiger partial charge in [0.1, 0.15) is 0 Å². The van der Waals surface area contributed by atoms with Gasteiger partial charge in [-0.25, -0.2) is 0 Å². The van der Waals surface area contributed by atoms with E-state index < -0.39 is 0 Å². The fourth-order valence-electron chi connectivity index (χ4n) is 1.48. The zero-order valence-corrected chi connectivity index (χ0v) is 9.50. The van der Waals surface area contributed by atoms with Crippen LogP contribution in [0.3, 0.4) is 0 Å². The minimum absolute atomic E-state index is 0.00311. The van der Waals surface area contributed by atoms with E-state index in [2.05, 4.69) is 0 Å². The highest BCUT2D eigenvalue weighted by molar-refractivity contribution is 6.30. The van der Waals surface area contributed by atoms with Crippen LogP contribution in [0.4, 0.5) is 0 Å². The number of ether oxygens (including phenoxy) is 1. The SMILES string of the molecule is Cc1cc(Cl)ccc1C(CN)OCCO. The van der Waals surface area contributed by atoms with E-state index in [1.54, 1.807) is 0 Å². The lowest BCUT2D eigenvalue weighted by atomic mass is 10.0. The van der Waals surface area contributed by atoms with Crippen molar-refractivity contribution >= 4 is 11.6 Å². The Balaban J connectivity index is 2.81. The van der Waals surface area contributed by atoms with Crippen LogP contribution in [0.5, 0.6) is 0 Å². The maximum atomic E-state index is 8.68. The Morgan fingerprint density at radius 2 is 2.27 bits per heavy atom. The Morgan fingerprint density at radius 3 is 2.80 bits per heavy atom. The van der Waals surface area contributed by atoms with Crippen LogP contribution in [-0.4, -0.2) is 24.9 Å². The highest BCUT2D eigenvalue weighted by Crippen LogP contribution is 2.23. The highest BCUT2D eigenvalue weighted by atomic mass is 35.5. The van der Waals surface area contributed by atoms with Crippen molar-refractivity contribution in [3.05, 3.63) is 34.3 Å². The molecule has 0 fully saturated rings. The van der Waals surface area contributed by atoms with E-state index in [1.807, 2.05) is 25.1 Å². The van der Waals surface area contributed by atoms with Gasteiger partial charge in [0.05, 0.1) is 19.3 Å². The van der Waals surface area contributed by atoms with Gasteiger partial charge >= 0.3 is 0 Å². The van der Waals surface area contributed by atoms with Crippen molar-refractivity contribution in [1.82, 2.24) is 0 Å². The molecule has 15 heavy (non-hydrogen) atoms. The lowest BCUT2D eigenvalue weighted by molar-refractivity contribution is 0.0325. The summed E-state index contributed by atoms with van der Waals surface area (Å²) in [5, 5.41) is 9.39. The van der Waals surface area contributed by atoms with Gasteiger partial charge in [0.2, 0.25) is 0 Å². The molecule has 1 aromatic rings. The number of hydrogen-bond donors (Lipinski definition) is 2. The van der Waals surface area contributed by atoms with Gasteiger partial charge in [-0.15, -0.1) is 0 Å². The largest absolute Gasteiger partial charge is 0.394 e. The van der Waals surface area contributed by atoms with Crippen molar-refractivity contribution in [2.24, 2.45) is 5.73 Å². The number of benzene rings is 1. The second-order valence-corrected chi connectivity index (χ2v) is 3.76. The molecule has 0 heterocycles. The molecule has 0 saturated heterocycles. The first kappa shape index (κ1) is 12.5. The van der Waals surface area contributed by atoms with Crippen LogP contribution in [-0.2, 0) is 4.74 Å². The number of hydrogen-bond acceptors (Lipinski definition) is 3. The Kier molecular flexibility index (Phi) is 5.05. The van der Waals surface area contributed by atoms with Gasteiger partial charge in [0, 0.05) is 11.6 Å². The second kappa shape index (κ2) is 6.08. The smallest absolute Gasteiger partial charge is 0.0950 e. The van der Waals surface area contributed by atoms with E-state index in [0.717, 1.165) is 11.1 Å². The number of nitrogens with two attached hydrogens (primary N) is 1. The summed E-state index contributed by atoms with van der Waals surface area (Å²) in [6.45, 7) is 2.65. The average Bonchev–Trinajstić information content (AvgIpc) is 2.21. The minimum Gasteiger partial charge on any atom is -0.394 e. The van der Waals surface area contributed by atoms with Gasteiger partial charge in [-0.1, -0.05) is 17.7 Å². The molecule has 0 amide bonds. The van der Waals surface area contributed by atoms with E-state index in [9.17, 15) is 0 Å². The van der Waals surface area contributed by atoms with Gasteiger partial charge in [-0.05, 0) is 30.2 Å². The van der Waals surface area contributed by atoms with E-state index in [4.69, 9.17) is 27.2 Å². The van der Waals surface area contributed by atoms with Crippen LogP contribution in [0.15, 0.2) is 18.2 Å². The van der Waals surface area contributed by atoms with Crippen molar-refractivity contribution in [3.8, 4) is 0 Å². The minimum atomic E-state index is -0.172. The summed E-state index contributed by atoms with van der Waals surface area (Å²) in [5.41, 5.74) is 7.69. The lowest BCUT2D eigenvalue weighted by Crippen LogP contribution is -2.18. The number of aryl methyl sites for hydroxylation is 1. The van der Waals surface area contributed by atoms with Crippen LogP contribution in [0.25, 0.3) is 0 Å². The van der Waals surface area contributed by atoms with Crippen molar-refractivity contribution in [3.63, 3.8) is 0 Å². The molecule has 3 nitrogen and oxygen atoms in total. The first-order chi connectivity index (χ1) is 7.19. The average molecular weight is 230 g/mol. The molecule has 1 rings (SSSR count). The summed E-state index contributed by atoms with van der Waals surface area (Å²) in [6, 6.07) is 5.60. The third kappa shape index (κ3) is 3.47. The molecule has 4 heteroatoms. The predicted molar refractivity (Wildman–Crippen MR) is 61.0 cm³/mol. The van der Waals surface area contributed by atoms with Crippen LogP contribution in [0.1, 0.15) is 17.2 Å². The molecule has 84 valence electrons. The molecule has 0 spiro atoms. The van der Waals surface area contributed by atoms with Gasteiger partial charge in [-0.2, -0.15) is 0 Å². The first-order valence-corrected chi connectivity index (χ1v) is 5.25. The fraction of sp³-hybridized carbons (Fsp3) is 0.455. The third-order valence-corrected chi connectivity index (χ3v) is 2.44. The maximum Gasteiger partial charge on any atom is 0.0950 e. The second-order valence-electron chi connectivity index (χ2n) is 3.32. The maximum absolute atomic E-state index is 8.68. The molecule has 0 aromatic heterocycles. The van der Waals surface area contributed by atoms with Crippen molar-refractivity contribution in [2.45, 2.75) is 13.0 Å². The Labute approximate surface area is 94.8 Å². The standard InChI is InChI=1S/C11H16ClNO2/c1-8-6-9(12)2-3-10(8)11(7-13)15-5-4-14/h2-3,6,11,14H,4-5,7,13H2,1H3. The fourth-order valence-corrected chi connectivity index (χ4v) is 1.71. The van der Waals surface area contributed by atoms with Gasteiger partial charge < -0.3 is 15.6 Å². The van der Waals surface area contributed by atoms with E-state index in [0.29, 0.717) is 18.2 Å². The first-order valence-electron chi connectivity index (χ1n) is 4.87. The van der Waals surface area contributed by atoms with E-state index >= 15 is 0 Å². The molecule has 1 unspecified atom stereocenters. The van der Waals surface area contributed by atoms with Crippen molar-refractivity contribution < 1.29 is 9.84 Å². The molecule has 1 atom stereocenters. The van der Waals surface area contributed by atoms with E-state index in [-0.39, 0.29) is 12.7 Å². The van der Waals surface area contributed by atoms with Gasteiger partial charge in [0.15, 0.2) is 0 Å². The van der Waals surface area contributed by atoms with Crippen molar-refractivity contribution in [1.29, 1.82) is 0 Å². The topological polar surface area (TPSA) is 55.5 Å².